The Labute approximate surface area is 113 Å². The highest BCUT2D eigenvalue weighted by Gasteiger charge is 2.20. The number of rotatable bonds is 4. The quantitative estimate of drug-likeness (QED) is 0.910. The molecule has 0 spiro atoms. The predicted molar refractivity (Wildman–Crippen MR) is 71.5 cm³/mol. The van der Waals surface area contributed by atoms with Gasteiger partial charge in [-0.2, -0.15) is 5.10 Å². The van der Waals surface area contributed by atoms with Gasteiger partial charge in [-0.15, -0.1) is 0 Å². The summed E-state index contributed by atoms with van der Waals surface area (Å²) in [6.45, 7) is 0.760. The van der Waals surface area contributed by atoms with E-state index in [1.165, 1.54) is 18.9 Å². The largest absolute Gasteiger partial charge is 0.308 e. The fourth-order valence-corrected chi connectivity index (χ4v) is 2.16. The van der Waals surface area contributed by atoms with Crippen LogP contribution >= 0.6 is 15.9 Å². The van der Waals surface area contributed by atoms with E-state index in [1.54, 1.807) is 6.07 Å². The van der Waals surface area contributed by atoms with Crippen molar-refractivity contribution in [2.75, 3.05) is 0 Å². The van der Waals surface area contributed by atoms with Crippen LogP contribution in [0, 0.1) is 5.82 Å². The van der Waals surface area contributed by atoms with E-state index in [0.717, 1.165) is 16.7 Å². The molecule has 1 aliphatic carbocycles. The number of nitrogens with one attached hydrogen (secondary N) is 2. The van der Waals surface area contributed by atoms with Crippen molar-refractivity contribution in [3.05, 3.63) is 40.2 Å². The van der Waals surface area contributed by atoms with Crippen LogP contribution in [0.1, 0.15) is 18.5 Å². The zero-order valence-corrected chi connectivity index (χ0v) is 11.3. The van der Waals surface area contributed by atoms with Crippen molar-refractivity contribution >= 4 is 15.9 Å². The van der Waals surface area contributed by atoms with Crippen LogP contribution in [-0.2, 0) is 6.54 Å². The molecule has 0 atom stereocenters. The van der Waals surface area contributed by atoms with Crippen molar-refractivity contribution in [2.45, 2.75) is 25.4 Å². The maximum atomic E-state index is 13.8. The first-order valence-corrected chi connectivity index (χ1v) is 6.75. The van der Waals surface area contributed by atoms with Crippen LogP contribution in [0.3, 0.4) is 0 Å². The van der Waals surface area contributed by atoms with Gasteiger partial charge < -0.3 is 5.32 Å². The molecule has 94 valence electrons. The average Bonchev–Trinajstić information content (AvgIpc) is 3.05. The Morgan fingerprint density at radius 1 is 1.39 bits per heavy atom. The van der Waals surface area contributed by atoms with Crippen molar-refractivity contribution in [1.29, 1.82) is 0 Å². The van der Waals surface area contributed by atoms with Gasteiger partial charge in [0.15, 0.2) is 0 Å². The minimum absolute atomic E-state index is 0.266. The second kappa shape index (κ2) is 4.82. The normalized spacial score (nSPS) is 15.0. The van der Waals surface area contributed by atoms with Crippen molar-refractivity contribution in [3.63, 3.8) is 0 Å². The average molecular weight is 310 g/mol. The molecule has 1 saturated carbocycles. The van der Waals surface area contributed by atoms with Gasteiger partial charge in [0.25, 0.3) is 0 Å². The van der Waals surface area contributed by atoms with Gasteiger partial charge in [-0.05, 0) is 37.1 Å². The molecule has 3 nitrogen and oxygen atoms in total. The lowest BCUT2D eigenvalue weighted by molar-refractivity contribution is 0.630. The Hall–Kier alpha value is -1.20. The van der Waals surface area contributed by atoms with Gasteiger partial charge in [-0.25, -0.2) is 4.39 Å². The third-order valence-electron chi connectivity index (χ3n) is 3.00. The molecule has 1 aromatic heterocycles. The summed E-state index contributed by atoms with van der Waals surface area (Å²) >= 11 is 3.24. The number of hydrogen-bond acceptors (Lipinski definition) is 2. The third-order valence-corrected chi connectivity index (χ3v) is 3.49. The van der Waals surface area contributed by atoms with Crippen LogP contribution in [-0.4, -0.2) is 16.2 Å². The summed E-state index contributed by atoms with van der Waals surface area (Å²) in [5.74, 6) is -0.266. The summed E-state index contributed by atoms with van der Waals surface area (Å²) in [5, 5.41) is 10.5. The first kappa shape index (κ1) is 11.9. The van der Waals surface area contributed by atoms with Crippen molar-refractivity contribution in [1.82, 2.24) is 15.5 Å². The lowest BCUT2D eigenvalue weighted by atomic mass is 10.1. The van der Waals surface area contributed by atoms with Crippen LogP contribution in [0.4, 0.5) is 4.39 Å². The number of aromatic amines is 1. The summed E-state index contributed by atoms with van der Waals surface area (Å²) in [7, 11) is 0. The number of aromatic nitrogens is 2. The standard InChI is InChI=1S/C13H13BrFN3/c14-8-1-4-11(12(15)5-8)13-6-10(17-18-13)7-16-9-2-3-9/h1,4-6,9,16H,2-3,7H2,(H,17,18). The van der Waals surface area contributed by atoms with Gasteiger partial charge in [-0.1, -0.05) is 15.9 Å². The fraction of sp³-hybridized carbons (Fsp3) is 0.308. The number of nitrogens with zero attached hydrogens (tertiary/aromatic N) is 1. The number of halogens is 2. The Morgan fingerprint density at radius 3 is 2.94 bits per heavy atom. The van der Waals surface area contributed by atoms with Crippen LogP contribution < -0.4 is 5.32 Å². The molecule has 0 bridgehead atoms. The van der Waals surface area contributed by atoms with Crippen LogP contribution in [0.5, 0.6) is 0 Å². The van der Waals surface area contributed by atoms with Crippen molar-refractivity contribution in [2.24, 2.45) is 0 Å². The third kappa shape index (κ3) is 2.62. The lowest BCUT2D eigenvalue weighted by Crippen LogP contribution is -2.15. The first-order chi connectivity index (χ1) is 8.72. The van der Waals surface area contributed by atoms with Gasteiger partial charge in [0.05, 0.1) is 5.69 Å². The Morgan fingerprint density at radius 2 is 2.22 bits per heavy atom. The smallest absolute Gasteiger partial charge is 0.133 e. The Bertz CT molecular complexity index is 563. The summed E-state index contributed by atoms with van der Waals surface area (Å²) in [6.07, 6.45) is 2.50. The van der Waals surface area contributed by atoms with E-state index < -0.39 is 0 Å². The second-order valence-corrected chi connectivity index (χ2v) is 5.47. The van der Waals surface area contributed by atoms with Gasteiger partial charge in [0.2, 0.25) is 0 Å². The van der Waals surface area contributed by atoms with E-state index in [1.807, 2.05) is 12.1 Å². The lowest BCUT2D eigenvalue weighted by Gasteiger charge is -1.99. The molecule has 0 amide bonds. The Kier molecular flexibility index (Phi) is 3.18. The van der Waals surface area contributed by atoms with E-state index in [0.29, 0.717) is 17.3 Å². The summed E-state index contributed by atoms with van der Waals surface area (Å²) in [6, 6.07) is 7.54. The highest BCUT2D eigenvalue weighted by Crippen LogP contribution is 2.25. The molecule has 5 heteroatoms. The van der Waals surface area contributed by atoms with E-state index >= 15 is 0 Å². The van der Waals surface area contributed by atoms with Gasteiger partial charge >= 0.3 is 0 Å². The zero-order chi connectivity index (χ0) is 12.5. The molecular formula is C13H13BrFN3. The maximum absolute atomic E-state index is 13.8. The van der Waals surface area contributed by atoms with Gasteiger partial charge in [0.1, 0.15) is 5.82 Å². The molecule has 1 heterocycles. The molecule has 1 fully saturated rings. The molecular weight excluding hydrogens is 297 g/mol. The number of benzene rings is 1. The van der Waals surface area contributed by atoms with Gasteiger partial charge in [0, 0.05) is 28.3 Å². The van der Waals surface area contributed by atoms with Crippen LogP contribution in [0.25, 0.3) is 11.3 Å². The molecule has 18 heavy (non-hydrogen) atoms. The zero-order valence-electron chi connectivity index (χ0n) is 9.71. The summed E-state index contributed by atoms with van der Waals surface area (Å²) in [4.78, 5) is 0. The molecule has 2 aromatic rings. The highest BCUT2D eigenvalue weighted by atomic mass is 79.9. The number of H-pyrrole nitrogens is 1. The van der Waals surface area contributed by atoms with Gasteiger partial charge in [-0.3, -0.25) is 5.10 Å². The molecule has 0 aliphatic heterocycles. The molecule has 1 aromatic carbocycles. The Balaban J connectivity index is 1.78. The molecule has 0 radical (unpaired) electrons. The predicted octanol–water partition coefficient (Wildman–Crippen LogP) is 3.23. The molecule has 2 N–H and O–H groups in total. The number of hydrogen-bond donors (Lipinski definition) is 2. The maximum Gasteiger partial charge on any atom is 0.133 e. The van der Waals surface area contributed by atoms with E-state index in [-0.39, 0.29) is 5.82 Å². The summed E-state index contributed by atoms with van der Waals surface area (Å²) in [5.41, 5.74) is 2.15. The van der Waals surface area contributed by atoms with E-state index in [2.05, 4.69) is 31.4 Å². The highest BCUT2D eigenvalue weighted by molar-refractivity contribution is 9.10. The molecule has 0 unspecified atom stereocenters. The first-order valence-electron chi connectivity index (χ1n) is 5.95. The van der Waals surface area contributed by atoms with Crippen molar-refractivity contribution < 1.29 is 4.39 Å². The molecule has 0 saturated heterocycles. The van der Waals surface area contributed by atoms with E-state index in [4.69, 9.17) is 0 Å². The molecule has 1 aliphatic rings. The fourth-order valence-electron chi connectivity index (χ4n) is 1.83. The minimum atomic E-state index is -0.266. The topological polar surface area (TPSA) is 40.7 Å². The summed E-state index contributed by atoms with van der Waals surface area (Å²) < 4.78 is 14.5. The SMILES string of the molecule is Fc1cc(Br)ccc1-c1cc(CNC2CC2)[nH]n1. The van der Waals surface area contributed by atoms with E-state index in [9.17, 15) is 4.39 Å². The van der Waals surface area contributed by atoms with Crippen molar-refractivity contribution in [3.8, 4) is 11.3 Å². The van der Waals surface area contributed by atoms with Crippen LogP contribution in [0.2, 0.25) is 0 Å². The molecule has 3 rings (SSSR count). The monoisotopic (exact) mass is 309 g/mol. The van der Waals surface area contributed by atoms with Crippen LogP contribution in [0.15, 0.2) is 28.7 Å². The minimum Gasteiger partial charge on any atom is -0.308 e. The second-order valence-electron chi connectivity index (χ2n) is 4.56.